The summed E-state index contributed by atoms with van der Waals surface area (Å²) in [7, 11) is 1.26. The normalized spacial score (nSPS) is 17.4. The van der Waals surface area contributed by atoms with Gasteiger partial charge in [-0.15, -0.1) is 0 Å². The van der Waals surface area contributed by atoms with E-state index >= 15 is 0 Å². The first-order valence-electron chi connectivity index (χ1n) is 13.7. The molecule has 226 valence electrons. The number of esters is 1. The van der Waals surface area contributed by atoms with Gasteiger partial charge in [0.15, 0.2) is 0 Å². The maximum Gasteiger partial charge on any atom is 0.408 e. The second-order valence-corrected chi connectivity index (χ2v) is 10.1. The third-order valence-corrected chi connectivity index (χ3v) is 7.68. The highest BCUT2D eigenvalue weighted by atomic mass is 16.5. The van der Waals surface area contributed by atoms with Gasteiger partial charge in [0.25, 0.3) is 5.91 Å². The molecule has 1 aliphatic heterocycles. The van der Waals surface area contributed by atoms with Gasteiger partial charge in [-0.2, -0.15) is 0 Å². The highest BCUT2D eigenvalue weighted by Crippen LogP contribution is 2.37. The number of nitrogens with one attached hydrogen (secondary N) is 2. The summed E-state index contributed by atoms with van der Waals surface area (Å²) < 4.78 is 11.0. The number of carboxylic acid groups (broad SMARTS) is 1. The van der Waals surface area contributed by atoms with Crippen molar-refractivity contribution >= 4 is 29.6 Å². The number of anilines is 1. The largest absolute Gasteiger partial charge is 0.468 e. The number of amides is 3. The van der Waals surface area contributed by atoms with Gasteiger partial charge in [0.2, 0.25) is 5.91 Å². The predicted octanol–water partition coefficient (Wildman–Crippen LogP) is 1.78. The summed E-state index contributed by atoms with van der Waals surface area (Å²) in [5, 5.41) is 12.5. The summed E-state index contributed by atoms with van der Waals surface area (Å²) >= 11 is 0. The molecule has 0 aliphatic carbocycles. The van der Waals surface area contributed by atoms with E-state index in [-0.39, 0.29) is 13.2 Å². The van der Waals surface area contributed by atoms with Crippen LogP contribution in [0.1, 0.15) is 23.1 Å². The minimum Gasteiger partial charge on any atom is -0.468 e. The molecule has 3 atom stereocenters. The van der Waals surface area contributed by atoms with Gasteiger partial charge in [-0.1, -0.05) is 78.9 Å². The third kappa shape index (κ3) is 6.51. The van der Waals surface area contributed by atoms with Crippen LogP contribution < -0.4 is 22.3 Å². The summed E-state index contributed by atoms with van der Waals surface area (Å²) in [4.78, 5) is 52.1. The van der Waals surface area contributed by atoms with Crippen LogP contribution in [0.5, 0.6) is 0 Å². The van der Waals surface area contributed by atoms with E-state index in [0.29, 0.717) is 29.7 Å². The number of nitrogens with two attached hydrogens (primary N) is 2. The molecule has 0 saturated carbocycles. The lowest BCUT2D eigenvalue weighted by Crippen LogP contribution is -2.59. The molecule has 1 aliphatic rings. The Balaban J connectivity index is 1.57. The second-order valence-electron chi connectivity index (χ2n) is 10.1. The molecule has 4 rings (SSSR count). The van der Waals surface area contributed by atoms with Gasteiger partial charge in [-0.3, -0.25) is 24.7 Å². The number of morpholine rings is 1. The number of methoxy groups -OCH3 is 1. The first-order valence-corrected chi connectivity index (χ1v) is 13.7. The lowest BCUT2D eigenvalue weighted by molar-refractivity contribution is -0.148. The van der Waals surface area contributed by atoms with Gasteiger partial charge < -0.3 is 25.6 Å². The quantitative estimate of drug-likeness (QED) is 0.102. The maximum atomic E-state index is 13.8. The molecule has 3 aromatic rings. The number of carbonyl (C=O) groups is 4. The number of ether oxygens (including phenoxy) is 2. The first kappa shape index (κ1) is 31.2. The number of aryl methyl sites for hydroxylation is 1. The summed E-state index contributed by atoms with van der Waals surface area (Å²) in [5.41, 5.74) is 9.24. The van der Waals surface area contributed by atoms with Crippen LogP contribution in [-0.2, 0) is 35.7 Å². The number of para-hydroxylation sites is 1. The summed E-state index contributed by atoms with van der Waals surface area (Å²) in [6, 6.07) is 22.3. The molecule has 0 spiro atoms. The number of benzene rings is 3. The van der Waals surface area contributed by atoms with E-state index in [9.17, 15) is 24.3 Å². The molecular formula is C31H35N5O7. The van der Waals surface area contributed by atoms with Crippen LogP contribution in [0.25, 0.3) is 0 Å². The van der Waals surface area contributed by atoms with Gasteiger partial charge in [0.1, 0.15) is 17.5 Å². The minimum absolute atomic E-state index is 0.0252. The molecule has 0 unspecified atom stereocenters. The van der Waals surface area contributed by atoms with Crippen molar-refractivity contribution in [3.05, 3.63) is 102 Å². The molecule has 1 fully saturated rings. The zero-order chi connectivity index (χ0) is 31.0. The standard InChI is InChI=1S/C31H35N5O7/c1-42-29(39)31(21-11-4-2-5-12-21,22-13-6-3-7-14-22)26(32)28(38)34-24-15-9-8-10-20(24)16-17-23-18-36(30(40)41)25(19-43-23)27(37)35-33/h2-15,23,25-26H,16-19,32-33H2,1H3,(H,34,38)(H,35,37)(H,40,41)/t23-,25+,26-/m1/s1. The smallest absolute Gasteiger partial charge is 0.408 e. The van der Waals surface area contributed by atoms with Gasteiger partial charge in [-0.05, 0) is 35.6 Å². The zero-order valence-electron chi connectivity index (χ0n) is 23.6. The molecule has 43 heavy (non-hydrogen) atoms. The number of carbonyl (C=O) groups excluding carboxylic acids is 3. The Bertz CT molecular complexity index is 1400. The van der Waals surface area contributed by atoms with Crippen LogP contribution in [0.15, 0.2) is 84.9 Å². The topological polar surface area (TPSA) is 186 Å². The SMILES string of the molecule is COC(=O)C(c1ccccc1)(c1ccccc1)[C@H](N)C(=O)Nc1ccccc1CC[C@@H]1CN(C(=O)O)[C@H](C(=O)NN)CO1. The zero-order valence-corrected chi connectivity index (χ0v) is 23.6. The van der Waals surface area contributed by atoms with E-state index in [0.717, 1.165) is 10.5 Å². The molecule has 3 amide bonds. The highest BCUT2D eigenvalue weighted by Gasteiger charge is 2.51. The average molecular weight is 590 g/mol. The Kier molecular flexibility index (Phi) is 10.1. The Morgan fingerprint density at radius 1 is 1.00 bits per heavy atom. The molecule has 0 bridgehead atoms. The van der Waals surface area contributed by atoms with Crippen molar-refractivity contribution in [1.29, 1.82) is 0 Å². The van der Waals surface area contributed by atoms with Gasteiger partial charge in [-0.25, -0.2) is 10.6 Å². The van der Waals surface area contributed by atoms with E-state index in [1.807, 2.05) is 17.6 Å². The van der Waals surface area contributed by atoms with E-state index in [1.54, 1.807) is 72.8 Å². The van der Waals surface area contributed by atoms with Crippen molar-refractivity contribution in [3.63, 3.8) is 0 Å². The summed E-state index contributed by atoms with van der Waals surface area (Å²) in [6.45, 7) is -0.162. The Morgan fingerprint density at radius 2 is 1.58 bits per heavy atom. The first-order chi connectivity index (χ1) is 20.7. The van der Waals surface area contributed by atoms with Crippen molar-refractivity contribution in [2.24, 2.45) is 11.6 Å². The van der Waals surface area contributed by atoms with Crippen LogP contribution in [0, 0.1) is 0 Å². The van der Waals surface area contributed by atoms with E-state index in [1.165, 1.54) is 7.11 Å². The third-order valence-electron chi connectivity index (χ3n) is 7.68. The molecule has 12 heteroatoms. The predicted molar refractivity (Wildman–Crippen MR) is 158 cm³/mol. The van der Waals surface area contributed by atoms with Crippen LogP contribution in [0.3, 0.4) is 0 Å². The molecule has 1 heterocycles. The monoisotopic (exact) mass is 589 g/mol. The van der Waals surface area contributed by atoms with Crippen LogP contribution >= 0.6 is 0 Å². The lowest BCUT2D eigenvalue weighted by Gasteiger charge is -2.37. The van der Waals surface area contributed by atoms with Crippen molar-refractivity contribution in [1.82, 2.24) is 10.3 Å². The lowest BCUT2D eigenvalue weighted by atomic mass is 9.68. The summed E-state index contributed by atoms with van der Waals surface area (Å²) in [6.07, 6.45) is -0.932. The molecule has 1 saturated heterocycles. The number of hydrogen-bond acceptors (Lipinski definition) is 8. The van der Waals surface area contributed by atoms with E-state index in [4.69, 9.17) is 21.1 Å². The summed E-state index contributed by atoms with van der Waals surface area (Å²) in [5.74, 6) is 3.25. The molecule has 3 aromatic carbocycles. The average Bonchev–Trinajstić information content (AvgIpc) is 3.04. The van der Waals surface area contributed by atoms with Crippen molar-refractivity contribution < 1.29 is 33.8 Å². The fraction of sp³-hybridized carbons (Fsp3) is 0.290. The molecule has 7 N–H and O–H groups in total. The second kappa shape index (κ2) is 13.9. The van der Waals surface area contributed by atoms with Crippen LogP contribution in [0.2, 0.25) is 0 Å². The van der Waals surface area contributed by atoms with Gasteiger partial charge in [0.05, 0.1) is 26.4 Å². The molecule has 0 aromatic heterocycles. The molecule has 0 radical (unpaired) electrons. The Hall–Kier alpha value is -4.78. The molecular weight excluding hydrogens is 554 g/mol. The number of nitrogens with zero attached hydrogens (tertiary/aromatic N) is 1. The van der Waals surface area contributed by atoms with Crippen LogP contribution in [-0.4, -0.2) is 72.3 Å². The Morgan fingerprint density at radius 3 is 2.14 bits per heavy atom. The van der Waals surface area contributed by atoms with Crippen molar-refractivity contribution in [2.45, 2.75) is 36.4 Å². The molecule has 12 nitrogen and oxygen atoms in total. The van der Waals surface area contributed by atoms with E-state index < -0.39 is 47.5 Å². The minimum atomic E-state index is -1.64. The highest BCUT2D eigenvalue weighted by molar-refractivity contribution is 6.03. The van der Waals surface area contributed by atoms with Gasteiger partial charge in [0, 0.05) is 5.69 Å². The number of hydrazine groups is 1. The van der Waals surface area contributed by atoms with Gasteiger partial charge >= 0.3 is 12.1 Å². The number of hydrogen-bond donors (Lipinski definition) is 5. The Labute approximate surface area is 248 Å². The fourth-order valence-electron chi connectivity index (χ4n) is 5.45. The van der Waals surface area contributed by atoms with Crippen molar-refractivity contribution in [2.75, 3.05) is 25.6 Å². The van der Waals surface area contributed by atoms with Crippen molar-refractivity contribution in [3.8, 4) is 0 Å². The van der Waals surface area contributed by atoms with Crippen LogP contribution in [0.4, 0.5) is 10.5 Å². The maximum absolute atomic E-state index is 13.8. The number of rotatable bonds is 10. The van der Waals surface area contributed by atoms with E-state index in [2.05, 4.69) is 5.32 Å². The fourth-order valence-corrected chi connectivity index (χ4v) is 5.45.